The van der Waals surface area contributed by atoms with Crippen molar-refractivity contribution in [2.24, 2.45) is 5.10 Å². The predicted octanol–water partition coefficient (Wildman–Crippen LogP) is 2.24. The van der Waals surface area contributed by atoms with Gasteiger partial charge in [-0.1, -0.05) is 48.2 Å². The van der Waals surface area contributed by atoms with E-state index in [-0.39, 0.29) is 17.6 Å². The maximum absolute atomic E-state index is 13.5. The van der Waals surface area contributed by atoms with Gasteiger partial charge in [0.05, 0.1) is 11.4 Å². The van der Waals surface area contributed by atoms with E-state index >= 15 is 0 Å². The van der Waals surface area contributed by atoms with Crippen LogP contribution in [-0.4, -0.2) is 40.3 Å². The second kappa shape index (κ2) is 9.00. The second-order valence-electron chi connectivity index (χ2n) is 6.69. The number of anilines is 1. The molecule has 0 radical (unpaired) electrons. The molecule has 0 saturated carbocycles. The average molecular weight is 425 g/mol. The van der Waals surface area contributed by atoms with E-state index in [2.05, 4.69) is 15.8 Å². The molecule has 2 amide bonds. The van der Waals surface area contributed by atoms with Gasteiger partial charge in [0.1, 0.15) is 5.82 Å². The monoisotopic (exact) mass is 425 g/mol. The van der Waals surface area contributed by atoms with Gasteiger partial charge >= 0.3 is 0 Å². The van der Waals surface area contributed by atoms with Gasteiger partial charge in [0.15, 0.2) is 5.17 Å². The van der Waals surface area contributed by atoms with E-state index in [9.17, 15) is 14.0 Å². The Bertz CT molecular complexity index is 998. The summed E-state index contributed by atoms with van der Waals surface area (Å²) in [6, 6.07) is 15.8. The number of hydrazone groups is 1. The fourth-order valence-corrected chi connectivity index (χ4v) is 3.93. The smallest absolute Gasteiger partial charge is 0.276 e. The van der Waals surface area contributed by atoms with E-state index in [4.69, 9.17) is 0 Å². The summed E-state index contributed by atoms with van der Waals surface area (Å²) >= 11 is 1.25. The SMILES string of the molecule is O=C(CSC1=NNC2C(=O)N(c3cccc(F)c3)C=CN12)NCCc1ccccc1. The highest BCUT2D eigenvalue weighted by Gasteiger charge is 2.38. The number of carbonyl (C=O) groups excluding carboxylic acids is 2. The van der Waals surface area contributed by atoms with Gasteiger partial charge in [-0.05, 0) is 30.2 Å². The van der Waals surface area contributed by atoms with E-state index in [1.165, 1.54) is 28.8 Å². The standard InChI is InChI=1S/C21H20FN5O2S/c22-16-7-4-8-17(13-16)26-11-12-27-19(20(26)29)24-25-21(27)30-14-18(28)23-10-9-15-5-2-1-3-6-15/h1-8,11-13,19,24H,9-10,14H2,(H,23,28). The van der Waals surface area contributed by atoms with Crippen molar-refractivity contribution in [3.05, 3.63) is 78.4 Å². The summed E-state index contributed by atoms with van der Waals surface area (Å²) in [4.78, 5) is 27.9. The summed E-state index contributed by atoms with van der Waals surface area (Å²) in [5, 5.41) is 7.60. The number of fused-ring (bicyclic) bond motifs is 1. The number of thioether (sulfide) groups is 1. The maximum atomic E-state index is 13.5. The number of carbonyl (C=O) groups is 2. The molecule has 0 saturated heterocycles. The Labute approximate surface area is 177 Å². The summed E-state index contributed by atoms with van der Waals surface area (Å²) in [6.07, 6.45) is 3.30. The molecular weight excluding hydrogens is 405 g/mol. The lowest BCUT2D eigenvalue weighted by Crippen LogP contribution is -2.52. The van der Waals surface area contributed by atoms with Gasteiger partial charge in [-0.15, -0.1) is 0 Å². The fraction of sp³-hybridized carbons (Fsp3) is 0.190. The molecule has 0 aliphatic carbocycles. The number of amides is 2. The van der Waals surface area contributed by atoms with Crippen molar-refractivity contribution in [2.75, 3.05) is 17.2 Å². The van der Waals surface area contributed by atoms with E-state index in [0.29, 0.717) is 17.4 Å². The molecule has 0 bridgehead atoms. The van der Waals surface area contributed by atoms with E-state index in [1.807, 2.05) is 30.3 Å². The first-order valence-corrected chi connectivity index (χ1v) is 10.4. The first-order valence-electron chi connectivity index (χ1n) is 9.44. The molecule has 2 aliphatic rings. The van der Waals surface area contributed by atoms with Crippen LogP contribution in [0.1, 0.15) is 5.56 Å². The Morgan fingerprint density at radius 2 is 2.00 bits per heavy atom. The highest BCUT2D eigenvalue weighted by atomic mass is 32.2. The number of benzene rings is 2. The Hall–Kier alpha value is -3.33. The van der Waals surface area contributed by atoms with Gasteiger partial charge in [0, 0.05) is 18.9 Å². The molecule has 0 aromatic heterocycles. The zero-order valence-corrected chi connectivity index (χ0v) is 16.8. The van der Waals surface area contributed by atoms with Crippen LogP contribution in [0.2, 0.25) is 0 Å². The van der Waals surface area contributed by atoms with Crippen LogP contribution >= 0.6 is 11.8 Å². The molecule has 0 fully saturated rings. The van der Waals surface area contributed by atoms with E-state index in [1.54, 1.807) is 29.4 Å². The lowest BCUT2D eigenvalue weighted by molar-refractivity contribution is -0.122. The van der Waals surface area contributed by atoms with Gasteiger partial charge in [0.2, 0.25) is 12.1 Å². The van der Waals surface area contributed by atoms with Crippen molar-refractivity contribution in [1.82, 2.24) is 15.6 Å². The third-order valence-electron chi connectivity index (χ3n) is 4.63. The quantitative estimate of drug-likeness (QED) is 0.742. The number of amidine groups is 1. The van der Waals surface area contributed by atoms with Crippen molar-refractivity contribution >= 4 is 34.4 Å². The average Bonchev–Trinajstić information content (AvgIpc) is 3.17. The van der Waals surface area contributed by atoms with Crippen molar-refractivity contribution < 1.29 is 14.0 Å². The number of hydrogen-bond acceptors (Lipinski definition) is 6. The van der Waals surface area contributed by atoms with Crippen molar-refractivity contribution in [3.63, 3.8) is 0 Å². The molecule has 2 aromatic rings. The van der Waals surface area contributed by atoms with Gasteiger partial charge in [-0.3, -0.25) is 24.8 Å². The molecule has 2 heterocycles. The predicted molar refractivity (Wildman–Crippen MR) is 115 cm³/mol. The molecule has 1 unspecified atom stereocenters. The van der Waals surface area contributed by atoms with Crippen LogP contribution in [0.15, 0.2) is 72.1 Å². The van der Waals surface area contributed by atoms with Crippen LogP contribution in [0, 0.1) is 5.82 Å². The van der Waals surface area contributed by atoms with Crippen LogP contribution in [0.5, 0.6) is 0 Å². The minimum absolute atomic E-state index is 0.101. The topological polar surface area (TPSA) is 77.0 Å². The highest BCUT2D eigenvalue weighted by Crippen LogP contribution is 2.26. The van der Waals surface area contributed by atoms with Crippen molar-refractivity contribution in [1.29, 1.82) is 0 Å². The number of nitrogens with zero attached hydrogens (tertiary/aromatic N) is 3. The molecule has 2 aromatic carbocycles. The largest absolute Gasteiger partial charge is 0.355 e. The second-order valence-corrected chi connectivity index (χ2v) is 7.64. The number of rotatable bonds is 6. The molecule has 2 aliphatic heterocycles. The third-order valence-corrected chi connectivity index (χ3v) is 5.59. The maximum Gasteiger partial charge on any atom is 0.276 e. The van der Waals surface area contributed by atoms with Crippen LogP contribution < -0.4 is 15.6 Å². The number of nitrogens with one attached hydrogen (secondary N) is 2. The highest BCUT2D eigenvalue weighted by molar-refractivity contribution is 8.14. The minimum Gasteiger partial charge on any atom is -0.355 e. The Morgan fingerprint density at radius 1 is 1.17 bits per heavy atom. The molecule has 0 spiro atoms. The molecular formula is C21H20FN5O2S. The van der Waals surface area contributed by atoms with Crippen LogP contribution in [0.4, 0.5) is 10.1 Å². The van der Waals surface area contributed by atoms with E-state index in [0.717, 1.165) is 12.0 Å². The van der Waals surface area contributed by atoms with Crippen LogP contribution in [0.25, 0.3) is 0 Å². The molecule has 30 heavy (non-hydrogen) atoms. The Morgan fingerprint density at radius 3 is 2.80 bits per heavy atom. The fourth-order valence-electron chi connectivity index (χ4n) is 3.13. The molecule has 154 valence electrons. The summed E-state index contributed by atoms with van der Waals surface area (Å²) in [6.45, 7) is 0.557. The zero-order valence-electron chi connectivity index (χ0n) is 16.0. The van der Waals surface area contributed by atoms with Gasteiger partial charge in [-0.25, -0.2) is 4.39 Å². The zero-order chi connectivity index (χ0) is 20.9. The van der Waals surface area contributed by atoms with Crippen LogP contribution in [-0.2, 0) is 16.0 Å². The molecule has 4 rings (SSSR count). The first-order chi connectivity index (χ1) is 14.6. The third kappa shape index (κ3) is 4.46. The lowest BCUT2D eigenvalue weighted by atomic mass is 10.1. The Kier molecular flexibility index (Phi) is 5.99. The van der Waals surface area contributed by atoms with Crippen molar-refractivity contribution in [3.8, 4) is 0 Å². The van der Waals surface area contributed by atoms with Gasteiger partial charge in [-0.2, -0.15) is 5.10 Å². The molecule has 2 N–H and O–H groups in total. The Balaban J connectivity index is 1.29. The number of halogens is 1. The molecule has 1 atom stereocenters. The number of hydrogen-bond donors (Lipinski definition) is 2. The summed E-state index contributed by atoms with van der Waals surface area (Å²) in [5.41, 5.74) is 4.39. The van der Waals surface area contributed by atoms with E-state index < -0.39 is 12.0 Å². The molecule has 9 heteroatoms. The summed E-state index contributed by atoms with van der Waals surface area (Å²) < 4.78 is 13.5. The van der Waals surface area contributed by atoms with Gasteiger partial charge < -0.3 is 5.32 Å². The molecule has 7 nitrogen and oxygen atoms in total. The van der Waals surface area contributed by atoms with Crippen LogP contribution in [0.3, 0.4) is 0 Å². The lowest BCUT2D eigenvalue weighted by Gasteiger charge is -2.31. The summed E-state index contributed by atoms with van der Waals surface area (Å²) in [7, 11) is 0. The van der Waals surface area contributed by atoms with Gasteiger partial charge in [0.25, 0.3) is 5.91 Å². The minimum atomic E-state index is -0.720. The summed E-state index contributed by atoms with van der Waals surface area (Å²) in [5.74, 6) is -0.611. The van der Waals surface area contributed by atoms with Crippen molar-refractivity contribution in [2.45, 2.75) is 12.6 Å². The first kappa shape index (κ1) is 20.0. The normalized spacial score (nSPS) is 17.4.